The number of ether oxygens (including phenoxy) is 2. The maximum Gasteiger partial charge on any atom is 0.306 e. The summed E-state index contributed by atoms with van der Waals surface area (Å²) in [6.07, 6.45) is 103. The van der Waals surface area contributed by atoms with E-state index in [-0.39, 0.29) is 26.1 Å². The lowest BCUT2D eigenvalue weighted by molar-refractivity contribution is -0.870. The molecule has 0 N–H and O–H groups in total. The van der Waals surface area contributed by atoms with Gasteiger partial charge < -0.3 is 27.9 Å². The molecule has 530 valence electrons. The van der Waals surface area contributed by atoms with Crippen LogP contribution in [0.3, 0.4) is 0 Å². The predicted octanol–water partition coefficient (Wildman–Crippen LogP) is 24.8. The summed E-state index contributed by atoms with van der Waals surface area (Å²) < 4.78 is 34.3. The molecule has 0 aromatic heterocycles. The SMILES string of the molecule is CC/C=C\C/C=C\C/C=C\C/C=C\C/C=C\C/C=C\C/C=C\C/C=C\C/C=C\C/C=C\CCCCC(=O)OC(COC(=O)CCCCCCCCCCCCCCCCCCCCCCCCCCCCCCCCCCCCC)COP(=O)([O-])OCC[N+](C)(C)C. The number of quaternary nitrogens is 1. The van der Waals surface area contributed by atoms with Crippen LogP contribution in [0.2, 0.25) is 0 Å². The Morgan fingerprint density at radius 1 is 0.348 bits per heavy atom. The lowest BCUT2D eigenvalue weighted by atomic mass is 10.0. The average molecular weight is 1300 g/mol. The van der Waals surface area contributed by atoms with E-state index >= 15 is 0 Å². The van der Waals surface area contributed by atoms with Gasteiger partial charge in [0.25, 0.3) is 7.82 Å². The van der Waals surface area contributed by atoms with E-state index in [9.17, 15) is 19.0 Å². The number of nitrogens with zero attached hydrogens (tertiary/aromatic N) is 1. The van der Waals surface area contributed by atoms with Crippen LogP contribution in [0.15, 0.2) is 122 Å². The molecule has 0 saturated heterocycles. The van der Waals surface area contributed by atoms with Crippen LogP contribution in [0.5, 0.6) is 0 Å². The van der Waals surface area contributed by atoms with Crippen molar-refractivity contribution >= 4 is 19.8 Å². The van der Waals surface area contributed by atoms with E-state index in [1.54, 1.807) is 0 Å². The van der Waals surface area contributed by atoms with Gasteiger partial charge in [0.2, 0.25) is 0 Å². The molecule has 0 saturated carbocycles. The van der Waals surface area contributed by atoms with Crippen LogP contribution in [0.4, 0.5) is 0 Å². The number of hydrogen-bond donors (Lipinski definition) is 0. The Bertz CT molecular complexity index is 1970. The van der Waals surface area contributed by atoms with Gasteiger partial charge in [-0.15, -0.1) is 0 Å². The van der Waals surface area contributed by atoms with Crippen molar-refractivity contribution in [1.82, 2.24) is 0 Å². The van der Waals surface area contributed by atoms with Crippen molar-refractivity contribution < 1.29 is 42.1 Å². The van der Waals surface area contributed by atoms with Gasteiger partial charge in [-0.2, -0.15) is 0 Å². The molecule has 2 atom stereocenters. The van der Waals surface area contributed by atoms with E-state index < -0.39 is 32.5 Å². The second kappa shape index (κ2) is 71.7. The molecule has 0 amide bonds. The van der Waals surface area contributed by atoms with E-state index in [4.69, 9.17) is 18.5 Å². The van der Waals surface area contributed by atoms with Gasteiger partial charge in [0.1, 0.15) is 19.8 Å². The molecule has 0 aromatic rings. The molecule has 0 aliphatic carbocycles. The molecular formula is C82H144NO8P. The highest BCUT2D eigenvalue weighted by Crippen LogP contribution is 2.38. The Labute approximate surface area is 568 Å². The van der Waals surface area contributed by atoms with Crippen LogP contribution in [-0.2, 0) is 32.7 Å². The zero-order valence-electron chi connectivity index (χ0n) is 60.5. The summed E-state index contributed by atoms with van der Waals surface area (Å²) in [5, 5.41) is 0. The topological polar surface area (TPSA) is 111 Å². The standard InChI is InChI=1S/C82H144NO8P/c1-6-8-10-12-14-16-18-20-22-24-26-28-30-32-34-36-38-40-41-43-44-46-48-50-52-54-56-58-60-62-64-66-68-70-72-74-81(84)88-78-80(79-90-92(86,87)89-77-76-83(3,4)5)91-82(85)75-73-71-69-67-65-63-61-59-57-55-53-51-49-47-45-42-39-37-35-33-31-29-27-25-23-21-19-17-15-13-11-9-7-2/h9,11,15,17,21,23,27,29,33,35,39,42,47,49,53,55,59,61,65,67,80H,6-8,10,12-14,16,18-20,22,24-26,28,30-32,34,36-38,40-41,43-46,48,50-52,54,56-58,60,62-64,66,68-79H2,1-5H3/b11-9-,17-15-,23-21-,29-27-,35-33-,42-39-,49-47-,55-53-,61-59-,67-65-. The lowest BCUT2D eigenvalue weighted by Crippen LogP contribution is -2.37. The Balaban J connectivity index is 4.08. The number of hydrogen-bond acceptors (Lipinski definition) is 8. The van der Waals surface area contributed by atoms with Gasteiger partial charge in [0, 0.05) is 12.8 Å². The molecule has 92 heavy (non-hydrogen) atoms. The third kappa shape index (κ3) is 75.4. The van der Waals surface area contributed by atoms with E-state index in [0.717, 1.165) is 96.3 Å². The number of phosphoric acid groups is 1. The van der Waals surface area contributed by atoms with E-state index in [1.807, 2.05) is 21.1 Å². The van der Waals surface area contributed by atoms with Crippen LogP contribution in [0.25, 0.3) is 0 Å². The number of carbonyl (C=O) groups is 2. The summed E-state index contributed by atoms with van der Waals surface area (Å²) in [6.45, 7) is 4.11. The smallest absolute Gasteiger partial charge is 0.306 e. The lowest BCUT2D eigenvalue weighted by Gasteiger charge is -2.28. The van der Waals surface area contributed by atoms with Crippen LogP contribution < -0.4 is 4.89 Å². The molecule has 0 aliphatic rings. The van der Waals surface area contributed by atoms with E-state index in [1.165, 1.54) is 205 Å². The number of esters is 2. The number of phosphoric ester groups is 1. The van der Waals surface area contributed by atoms with Gasteiger partial charge in [-0.1, -0.05) is 354 Å². The zero-order valence-corrected chi connectivity index (χ0v) is 61.4. The van der Waals surface area contributed by atoms with Gasteiger partial charge >= 0.3 is 11.9 Å². The number of carbonyl (C=O) groups excluding carboxylic acids is 2. The van der Waals surface area contributed by atoms with Crippen molar-refractivity contribution in [2.75, 3.05) is 47.5 Å². The number of rotatable bonds is 70. The molecule has 0 rings (SSSR count). The summed E-state index contributed by atoms with van der Waals surface area (Å²) in [6, 6.07) is 0. The quantitative estimate of drug-likeness (QED) is 0.0195. The highest BCUT2D eigenvalue weighted by Gasteiger charge is 2.22. The van der Waals surface area contributed by atoms with Crippen molar-refractivity contribution in [2.24, 2.45) is 0 Å². The van der Waals surface area contributed by atoms with Crippen LogP contribution in [-0.4, -0.2) is 70.0 Å². The zero-order chi connectivity index (χ0) is 66.9. The second-order valence-corrected chi connectivity index (χ2v) is 28.1. The van der Waals surface area contributed by atoms with Crippen LogP contribution in [0, 0.1) is 0 Å². The number of likely N-dealkylation sites (N-methyl/N-ethyl adjacent to an activating group) is 1. The normalized spacial score (nSPS) is 13.8. The van der Waals surface area contributed by atoms with Crippen LogP contribution in [0.1, 0.15) is 335 Å². The van der Waals surface area contributed by atoms with Gasteiger partial charge in [0.05, 0.1) is 27.7 Å². The van der Waals surface area contributed by atoms with Gasteiger partial charge in [-0.05, 0) is 89.9 Å². The Hall–Kier alpha value is -3.59. The molecule has 9 nitrogen and oxygen atoms in total. The number of allylic oxidation sites excluding steroid dienone is 20. The highest BCUT2D eigenvalue weighted by atomic mass is 31.2. The molecule has 0 heterocycles. The molecule has 0 spiro atoms. The molecule has 2 unspecified atom stereocenters. The van der Waals surface area contributed by atoms with Crippen molar-refractivity contribution in [2.45, 2.75) is 341 Å². The Morgan fingerprint density at radius 3 is 0.924 bits per heavy atom. The summed E-state index contributed by atoms with van der Waals surface area (Å²) in [7, 11) is 1.13. The first-order valence-corrected chi connectivity index (χ1v) is 39.7. The molecule has 0 aromatic carbocycles. The molecule has 0 fully saturated rings. The summed E-state index contributed by atoms with van der Waals surface area (Å²) in [4.78, 5) is 38.1. The van der Waals surface area contributed by atoms with Crippen molar-refractivity contribution in [3.05, 3.63) is 122 Å². The van der Waals surface area contributed by atoms with Crippen LogP contribution >= 0.6 is 7.82 Å². The summed E-state index contributed by atoms with van der Waals surface area (Å²) >= 11 is 0. The van der Waals surface area contributed by atoms with Crippen molar-refractivity contribution in [3.8, 4) is 0 Å². The maximum absolute atomic E-state index is 12.9. The largest absolute Gasteiger partial charge is 0.756 e. The van der Waals surface area contributed by atoms with Crippen molar-refractivity contribution in [1.29, 1.82) is 0 Å². The van der Waals surface area contributed by atoms with Gasteiger partial charge in [-0.3, -0.25) is 14.2 Å². The third-order valence-corrected chi connectivity index (χ3v) is 17.5. The summed E-state index contributed by atoms with van der Waals surface area (Å²) in [5.41, 5.74) is 0. The Morgan fingerprint density at radius 2 is 0.620 bits per heavy atom. The minimum absolute atomic E-state index is 0.0443. The number of unbranched alkanes of at least 4 members (excludes halogenated alkanes) is 36. The molecule has 0 radical (unpaired) electrons. The average Bonchev–Trinajstić information content (AvgIpc) is 2.23. The first kappa shape index (κ1) is 88.4. The maximum atomic E-state index is 12.9. The monoisotopic (exact) mass is 1300 g/mol. The molecular weight excluding hydrogens is 1160 g/mol. The van der Waals surface area contributed by atoms with E-state index in [0.29, 0.717) is 17.4 Å². The highest BCUT2D eigenvalue weighted by molar-refractivity contribution is 7.45. The first-order chi connectivity index (χ1) is 45.0. The molecule has 0 aliphatic heterocycles. The minimum atomic E-state index is -4.66. The predicted molar refractivity (Wildman–Crippen MR) is 397 cm³/mol. The first-order valence-electron chi connectivity index (χ1n) is 38.2. The molecule has 0 bridgehead atoms. The van der Waals surface area contributed by atoms with E-state index in [2.05, 4.69) is 135 Å². The minimum Gasteiger partial charge on any atom is -0.756 e. The fourth-order valence-electron chi connectivity index (χ4n) is 10.7. The third-order valence-electron chi connectivity index (χ3n) is 16.5. The van der Waals surface area contributed by atoms with Gasteiger partial charge in [0.15, 0.2) is 6.10 Å². The fraction of sp³-hybridized carbons (Fsp3) is 0.732. The van der Waals surface area contributed by atoms with Crippen molar-refractivity contribution in [3.63, 3.8) is 0 Å². The summed E-state index contributed by atoms with van der Waals surface area (Å²) in [5.74, 6) is -0.880. The van der Waals surface area contributed by atoms with Gasteiger partial charge in [-0.25, -0.2) is 0 Å². The Kier molecular flexibility index (Phi) is 68.9. The second-order valence-electron chi connectivity index (χ2n) is 26.6. The fourth-order valence-corrected chi connectivity index (χ4v) is 11.4. The molecule has 10 heteroatoms.